The van der Waals surface area contributed by atoms with E-state index in [2.05, 4.69) is 14.9 Å². The molecule has 4 rings (SSSR count). The minimum Gasteiger partial charge on any atom is -0.497 e. The number of aryl methyl sites for hydroxylation is 1. The van der Waals surface area contributed by atoms with Crippen molar-refractivity contribution in [2.24, 2.45) is 18.9 Å². The maximum absolute atomic E-state index is 15.5. The first-order valence-electron chi connectivity index (χ1n) is 12.6. The van der Waals surface area contributed by atoms with Gasteiger partial charge in [0.05, 0.1) is 12.6 Å². The summed E-state index contributed by atoms with van der Waals surface area (Å²) < 4.78 is 22.8. The summed E-state index contributed by atoms with van der Waals surface area (Å²) in [7, 11) is 3.59. The number of aromatic nitrogens is 3. The van der Waals surface area contributed by atoms with Gasteiger partial charge in [-0.3, -0.25) is 9.78 Å². The Kier molecular flexibility index (Phi) is 9.20. The van der Waals surface area contributed by atoms with Crippen molar-refractivity contribution >= 4 is 28.6 Å². The van der Waals surface area contributed by atoms with Gasteiger partial charge in [0.2, 0.25) is 0 Å². The molecule has 194 valence electrons. The van der Waals surface area contributed by atoms with Gasteiger partial charge in [-0.2, -0.15) is 0 Å². The normalized spacial score (nSPS) is 19.4. The first kappa shape index (κ1) is 26.4. The number of fused-ring (bicyclic) bond motifs is 1. The maximum Gasteiger partial charge on any atom is 0.303 e. The monoisotopic (exact) mass is 514 g/mol. The Balaban J connectivity index is 1.32. The van der Waals surface area contributed by atoms with Crippen molar-refractivity contribution in [3.63, 3.8) is 0 Å². The van der Waals surface area contributed by atoms with Crippen LogP contribution in [0.2, 0.25) is 0 Å². The van der Waals surface area contributed by atoms with Gasteiger partial charge in [-0.1, -0.05) is 11.8 Å². The zero-order chi connectivity index (χ0) is 25.5. The zero-order valence-electron chi connectivity index (χ0n) is 21.0. The molecule has 2 aromatic heterocycles. The highest BCUT2D eigenvalue weighted by Gasteiger charge is 2.31. The number of pyridine rings is 1. The molecule has 1 aliphatic heterocycles. The van der Waals surface area contributed by atoms with E-state index in [9.17, 15) is 9.90 Å². The molecule has 1 aromatic carbocycles. The Bertz CT molecular complexity index is 1160. The zero-order valence-corrected chi connectivity index (χ0v) is 21.8. The van der Waals surface area contributed by atoms with Gasteiger partial charge in [-0.05, 0) is 80.4 Å². The summed E-state index contributed by atoms with van der Waals surface area (Å²) in [4.78, 5) is 22.7. The molecule has 3 aromatic rings. The van der Waals surface area contributed by atoms with E-state index in [-0.39, 0.29) is 18.3 Å². The second-order valence-corrected chi connectivity index (χ2v) is 10.6. The fourth-order valence-electron chi connectivity index (χ4n) is 5.20. The number of nitrogens with zero attached hydrogens (tertiary/aromatic N) is 4. The number of ether oxygens (including phenoxy) is 1. The number of alkyl halides is 1. The van der Waals surface area contributed by atoms with E-state index in [4.69, 9.17) is 4.74 Å². The molecule has 1 N–H and O–H groups in total. The minimum absolute atomic E-state index is 0.0416. The summed E-state index contributed by atoms with van der Waals surface area (Å²) in [5, 5.41) is 11.3. The van der Waals surface area contributed by atoms with Crippen LogP contribution in [0, 0.1) is 11.8 Å². The number of carboxylic acids is 1. The molecule has 0 radical (unpaired) electrons. The molecule has 3 atom stereocenters. The number of imidazole rings is 1. The lowest BCUT2D eigenvalue weighted by Gasteiger charge is -2.38. The molecule has 1 saturated heterocycles. The lowest BCUT2D eigenvalue weighted by molar-refractivity contribution is -0.139. The van der Waals surface area contributed by atoms with Gasteiger partial charge in [0.15, 0.2) is 5.16 Å². The summed E-state index contributed by atoms with van der Waals surface area (Å²) in [5.41, 5.74) is 1.37. The van der Waals surface area contributed by atoms with E-state index in [0.717, 1.165) is 54.3 Å². The van der Waals surface area contributed by atoms with Gasteiger partial charge in [0.1, 0.15) is 11.9 Å². The third kappa shape index (κ3) is 6.76. The third-order valence-electron chi connectivity index (χ3n) is 7.15. The van der Waals surface area contributed by atoms with E-state index in [1.54, 1.807) is 37.3 Å². The molecular weight excluding hydrogens is 479 g/mol. The Hall–Kier alpha value is -2.65. The van der Waals surface area contributed by atoms with Crippen LogP contribution in [0.1, 0.15) is 43.8 Å². The molecule has 0 unspecified atom stereocenters. The number of hydrogen-bond donors (Lipinski definition) is 1. The Labute approximate surface area is 216 Å². The highest BCUT2D eigenvalue weighted by atomic mass is 32.2. The van der Waals surface area contributed by atoms with Gasteiger partial charge in [0.25, 0.3) is 0 Å². The molecule has 1 aliphatic rings. The number of benzene rings is 1. The number of methoxy groups -OCH3 is 1. The number of carboxylic acid groups (broad SMARTS) is 1. The number of piperidine rings is 1. The van der Waals surface area contributed by atoms with E-state index in [1.165, 1.54) is 0 Å². The van der Waals surface area contributed by atoms with Crippen molar-refractivity contribution in [1.29, 1.82) is 0 Å². The largest absolute Gasteiger partial charge is 0.497 e. The number of carbonyl (C=O) groups is 1. The summed E-state index contributed by atoms with van der Waals surface area (Å²) in [6.07, 6.45) is 7.38. The Morgan fingerprint density at radius 2 is 2.14 bits per heavy atom. The van der Waals surface area contributed by atoms with E-state index >= 15 is 4.39 Å². The SMILES string of the molecule is COc1ccc2nccc([C@H](F)CC[C@@H]3CCN(CCCSc4nccn4C)C[C@@H]3CC(=O)O)c2c1. The van der Waals surface area contributed by atoms with Crippen LogP contribution < -0.4 is 4.74 Å². The third-order valence-corrected chi connectivity index (χ3v) is 8.29. The average Bonchev–Trinajstić information content (AvgIpc) is 3.29. The molecule has 0 amide bonds. The van der Waals surface area contributed by atoms with Crippen LogP contribution >= 0.6 is 11.8 Å². The Morgan fingerprint density at radius 3 is 2.89 bits per heavy atom. The van der Waals surface area contributed by atoms with Crippen molar-refractivity contribution in [2.45, 2.75) is 43.4 Å². The molecule has 1 fully saturated rings. The fourth-order valence-corrected chi connectivity index (χ4v) is 6.06. The van der Waals surface area contributed by atoms with Crippen LogP contribution in [0.4, 0.5) is 4.39 Å². The van der Waals surface area contributed by atoms with Crippen LogP contribution in [-0.4, -0.2) is 63.0 Å². The smallest absolute Gasteiger partial charge is 0.303 e. The van der Waals surface area contributed by atoms with Crippen molar-refractivity contribution in [2.75, 3.05) is 32.5 Å². The maximum atomic E-state index is 15.5. The highest BCUT2D eigenvalue weighted by molar-refractivity contribution is 7.99. The van der Waals surface area contributed by atoms with Crippen molar-refractivity contribution in [3.8, 4) is 5.75 Å². The molecule has 0 spiro atoms. The number of rotatable bonds is 12. The van der Waals surface area contributed by atoms with Crippen molar-refractivity contribution in [1.82, 2.24) is 19.4 Å². The van der Waals surface area contributed by atoms with Crippen LogP contribution in [0.15, 0.2) is 48.0 Å². The molecular formula is C27H35FN4O3S. The summed E-state index contributed by atoms with van der Waals surface area (Å²) >= 11 is 1.74. The van der Waals surface area contributed by atoms with E-state index < -0.39 is 12.1 Å². The standard InChI is InChI=1S/C27H35FN4O3S/c1-31-14-11-30-27(31)36-15-3-12-32-13-9-19(20(18-32)16-26(33)34)4-6-24(28)22-8-10-29-25-7-5-21(35-2)17-23(22)25/h5,7-8,10-11,14,17,19-20,24H,3-4,6,9,12-13,15-16,18H2,1-2H3,(H,33,34)/t19-,20+,24-/m1/s1. The molecule has 36 heavy (non-hydrogen) atoms. The minimum atomic E-state index is -1.13. The van der Waals surface area contributed by atoms with Crippen molar-refractivity contribution < 1.29 is 19.0 Å². The molecule has 0 aliphatic carbocycles. The second-order valence-electron chi connectivity index (χ2n) is 9.56. The van der Waals surface area contributed by atoms with Crippen LogP contribution in [0.5, 0.6) is 5.75 Å². The predicted molar refractivity (Wildman–Crippen MR) is 140 cm³/mol. The fraction of sp³-hybridized carbons (Fsp3) is 0.519. The van der Waals surface area contributed by atoms with Gasteiger partial charge >= 0.3 is 5.97 Å². The first-order chi connectivity index (χ1) is 17.4. The van der Waals surface area contributed by atoms with Crippen LogP contribution in [0.3, 0.4) is 0 Å². The average molecular weight is 515 g/mol. The number of likely N-dealkylation sites (tertiary alicyclic amines) is 1. The number of hydrogen-bond acceptors (Lipinski definition) is 6. The number of aliphatic carboxylic acids is 1. The highest BCUT2D eigenvalue weighted by Crippen LogP contribution is 2.36. The summed E-state index contributed by atoms with van der Waals surface area (Å²) in [5.74, 6) is 1.13. The van der Waals surface area contributed by atoms with Gasteiger partial charge in [-0.15, -0.1) is 0 Å². The van der Waals surface area contributed by atoms with Gasteiger partial charge in [-0.25, -0.2) is 9.37 Å². The Morgan fingerprint density at radius 1 is 1.28 bits per heavy atom. The van der Waals surface area contributed by atoms with Crippen molar-refractivity contribution in [3.05, 3.63) is 48.4 Å². The van der Waals surface area contributed by atoms with Gasteiger partial charge < -0.3 is 19.3 Å². The molecule has 0 saturated carbocycles. The number of halogens is 1. The summed E-state index contributed by atoms with van der Waals surface area (Å²) in [6.45, 7) is 2.63. The quantitative estimate of drug-likeness (QED) is 0.257. The lowest BCUT2D eigenvalue weighted by atomic mass is 9.79. The first-order valence-corrected chi connectivity index (χ1v) is 13.5. The molecule has 9 heteroatoms. The second kappa shape index (κ2) is 12.5. The summed E-state index contributed by atoms with van der Waals surface area (Å²) in [6, 6.07) is 7.25. The lowest BCUT2D eigenvalue weighted by Crippen LogP contribution is -2.42. The van der Waals surface area contributed by atoms with Crippen LogP contribution in [-0.2, 0) is 11.8 Å². The molecule has 0 bridgehead atoms. The number of thioether (sulfide) groups is 1. The van der Waals surface area contributed by atoms with E-state index in [1.807, 2.05) is 36.0 Å². The van der Waals surface area contributed by atoms with Crippen LogP contribution in [0.25, 0.3) is 10.9 Å². The van der Waals surface area contributed by atoms with Gasteiger partial charge in [0, 0.05) is 49.7 Å². The predicted octanol–water partition coefficient (Wildman–Crippen LogP) is 5.36. The molecule has 3 heterocycles. The topological polar surface area (TPSA) is 80.5 Å². The van der Waals surface area contributed by atoms with E-state index in [0.29, 0.717) is 24.2 Å². The molecule has 7 nitrogen and oxygen atoms in total.